The molecule has 1 nitrogen and oxygen atoms in total. The molecule has 0 atom stereocenters. The summed E-state index contributed by atoms with van der Waals surface area (Å²) in [5.41, 5.74) is 2.75. The lowest BCUT2D eigenvalue weighted by Crippen LogP contribution is -1.92. The van der Waals surface area contributed by atoms with E-state index in [0.717, 1.165) is 29.6 Å². The Balaban J connectivity index is 2.07. The molecule has 0 amide bonds. The highest BCUT2D eigenvalue weighted by molar-refractivity contribution is 6.10. The number of ketones is 1. The second-order valence-corrected chi connectivity index (χ2v) is 3.89. The molecule has 16 heavy (non-hydrogen) atoms. The van der Waals surface area contributed by atoms with Gasteiger partial charge in [0.05, 0.1) is 0 Å². The van der Waals surface area contributed by atoms with E-state index in [1.807, 2.05) is 48.6 Å². The normalized spacial score (nSPS) is 18.9. The Morgan fingerprint density at radius 1 is 1.12 bits per heavy atom. The summed E-state index contributed by atoms with van der Waals surface area (Å²) in [6, 6.07) is 10.0. The minimum absolute atomic E-state index is 0.123. The van der Waals surface area contributed by atoms with Crippen LogP contribution < -0.4 is 0 Å². The van der Waals surface area contributed by atoms with Crippen molar-refractivity contribution in [1.29, 1.82) is 0 Å². The predicted molar refractivity (Wildman–Crippen MR) is 66.9 cm³/mol. The van der Waals surface area contributed by atoms with Gasteiger partial charge < -0.3 is 0 Å². The first-order valence-electron chi connectivity index (χ1n) is 5.42. The first kappa shape index (κ1) is 10.6. The molecule has 1 fully saturated rings. The SMILES string of the molecule is C=C1CCC(=CC=Cc2ccccc2)C1=O. The minimum Gasteiger partial charge on any atom is -0.289 e. The zero-order valence-corrected chi connectivity index (χ0v) is 9.15. The standard InChI is InChI=1S/C15H14O/c1-12-10-11-14(15(12)16)9-5-8-13-6-3-2-4-7-13/h2-9H,1,10-11H2. The first-order valence-corrected chi connectivity index (χ1v) is 5.42. The predicted octanol–water partition coefficient (Wildman–Crippen LogP) is 3.55. The Labute approximate surface area is 95.8 Å². The molecule has 0 radical (unpaired) electrons. The number of carbonyl (C=O) groups is 1. The van der Waals surface area contributed by atoms with Gasteiger partial charge in [-0.25, -0.2) is 0 Å². The van der Waals surface area contributed by atoms with Crippen LogP contribution >= 0.6 is 0 Å². The molecule has 2 rings (SSSR count). The van der Waals surface area contributed by atoms with Crippen LogP contribution in [0, 0.1) is 0 Å². The van der Waals surface area contributed by atoms with Crippen LogP contribution in [0.1, 0.15) is 18.4 Å². The highest BCUT2D eigenvalue weighted by atomic mass is 16.1. The summed E-state index contributed by atoms with van der Waals surface area (Å²) in [5.74, 6) is 0.123. The van der Waals surface area contributed by atoms with Gasteiger partial charge in [0, 0.05) is 5.57 Å². The van der Waals surface area contributed by atoms with Crippen molar-refractivity contribution in [1.82, 2.24) is 0 Å². The molecule has 0 unspecified atom stereocenters. The lowest BCUT2D eigenvalue weighted by molar-refractivity contribution is -0.111. The highest BCUT2D eigenvalue weighted by Crippen LogP contribution is 2.24. The fraction of sp³-hybridized carbons (Fsp3) is 0.133. The van der Waals surface area contributed by atoms with Gasteiger partial charge in [-0.05, 0) is 24.0 Å². The summed E-state index contributed by atoms with van der Waals surface area (Å²) < 4.78 is 0. The van der Waals surface area contributed by atoms with Gasteiger partial charge in [-0.3, -0.25) is 4.79 Å². The second kappa shape index (κ2) is 4.75. The molecular formula is C15H14O. The lowest BCUT2D eigenvalue weighted by atomic mass is 10.1. The van der Waals surface area contributed by atoms with E-state index in [-0.39, 0.29) is 5.78 Å². The molecule has 0 bridgehead atoms. The largest absolute Gasteiger partial charge is 0.289 e. The van der Waals surface area contributed by atoms with Crippen molar-refractivity contribution in [2.24, 2.45) is 0 Å². The zero-order valence-electron chi connectivity index (χ0n) is 9.15. The third kappa shape index (κ3) is 2.37. The van der Waals surface area contributed by atoms with E-state index < -0.39 is 0 Å². The quantitative estimate of drug-likeness (QED) is 0.682. The van der Waals surface area contributed by atoms with E-state index in [4.69, 9.17) is 0 Å². The van der Waals surface area contributed by atoms with Gasteiger partial charge in [0.2, 0.25) is 0 Å². The van der Waals surface area contributed by atoms with Crippen LogP contribution in [0.2, 0.25) is 0 Å². The molecule has 1 aliphatic carbocycles. The third-order valence-electron chi connectivity index (χ3n) is 2.69. The molecule has 1 saturated carbocycles. The second-order valence-electron chi connectivity index (χ2n) is 3.89. The van der Waals surface area contributed by atoms with Crippen LogP contribution in [-0.4, -0.2) is 5.78 Å². The number of benzene rings is 1. The van der Waals surface area contributed by atoms with Crippen LogP contribution in [0.5, 0.6) is 0 Å². The molecule has 0 saturated heterocycles. The molecule has 0 aromatic heterocycles. The fourth-order valence-corrected chi connectivity index (χ4v) is 1.74. The molecule has 0 aliphatic heterocycles. The van der Waals surface area contributed by atoms with Gasteiger partial charge in [-0.15, -0.1) is 0 Å². The monoisotopic (exact) mass is 210 g/mol. The van der Waals surface area contributed by atoms with Gasteiger partial charge in [0.15, 0.2) is 5.78 Å². The van der Waals surface area contributed by atoms with Gasteiger partial charge in [-0.2, -0.15) is 0 Å². The van der Waals surface area contributed by atoms with E-state index in [1.54, 1.807) is 0 Å². The Morgan fingerprint density at radius 2 is 1.88 bits per heavy atom. The van der Waals surface area contributed by atoms with Gasteiger partial charge >= 0.3 is 0 Å². The van der Waals surface area contributed by atoms with Crippen LogP contribution in [0.25, 0.3) is 6.08 Å². The fourth-order valence-electron chi connectivity index (χ4n) is 1.74. The summed E-state index contributed by atoms with van der Waals surface area (Å²) >= 11 is 0. The molecule has 1 aromatic carbocycles. The number of carbonyl (C=O) groups excluding carboxylic acids is 1. The van der Waals surface area contributed by atoms with Crippen molar-refractivity contribution in [3.63, 3.8) is 0 Å². The van der Waals surface area contributed by atoms with Gasteiger partial charge in [0.1, 0.15) is 0 Å². The Hall–Kier alpha value is -1.89. The number of Topliss-reactive ketones (excluding diaryl/α,β-unsaturated/α-hetero) is 1. The molecule has 0 spiro atoms. The number of rotatable bonds is 2. The van der Waals surface area contributed by atoms with Crippen molar-refractivity contribution >= 4 is 11.9 Å². The molecule has 1 aromatic rings. The molecule has 1 aliphatic rings. The summed E-state index contributed by atoms with van der Waals surface area (Å²) in [6.07, 6.45) is 7.47. The van der Waals surface area contributed by atoms with E-state index in [2.05, 4.69) is 6.58 Å². The van der Waals surface area contributed by atoms with E-state index in [9.17, 15) is 4.79 Å². The summed E-state index contributed by atoms with van der Waals surface area (Å²) in [6.45, 7) is 3.74. The molecular weight excluding hydrogens is 196 g/mol. The summed E-state index contributed by atoms with van der Waals surface area (Å²) in [5, 5.41) is 0. The Bertz CT molecular complexity index is 463. The minimum atomic E-state index is 0.123. The number of hydrogen-bond acceptors (Lipinski definition) is 1. The molecule has 0 N–H and O–H groups in total. The van der Waals surface area contributed by atoms with Crippen molar-refractivity contribution in [3.05, 3.63) is 65.8 Å². The maximum absolute atomic E-state index is 11.5. The van der Waals surface area contributed by atoms with Crippen molar-refractivity contribution in [3.8, 4) is 0 Å². The van der Waals surface area contributed by atoms with Crippen LogP contribution in [-0.2, 0) is 4.79 Å². The highest BCUT2D eigenvalue weighted by Gasteiger charge is 2.19. The molecule has 1 heteroatoms. The van der Waals surface area contributed by atoms with E-state index in [0.29, 0.717) is 0 Å². The smallest absolute Gasteiger partial charge is 0.184 e. The maximum Gasteiger partial charge on any atom is 0.184 e. The summed E-state index contributed by atoms with van der Waals surface area (Å²) in [4.78, 5) is 11.5. The molecule has 80 valence electrons. The van der Waals surface area contributed by atoms with Crippen molar-refractivity contribution in [2.75, 3.05) is 0 Å². The van der Waals surface area contributed by atoms with Crippen LogP contribution in [0.4, 0.5) is 0 Å². The van der Waals surface area contributed by atoms with Gasteiger partial charge in [0.25, 0.3) is 0 Å². The summed E-state index contributed by atoms with van der Waals surface area (Å²) in [7, 11) is 0. The zero-order chi connectivity index (χ0) is 11.4. The van der Waals surface area contributed by atoms with Gasteiger partial charge in [-0.1, -0.05) is 55.1 Å². The average molecular weight is 210 g/mol. The number of allylic oxidation sites excluding steroid dienone is 4. The third-order valence-corrected chi connectivity index (χ3v) is 2.69. The van der Waals surface area contributed by atoms with E-state index >= 15 is 0 Å². The topological polar surface area (TPSA) is 17.1 Å². The van der Waals surface area contributed by atoms with Crippen molar-refractivity contribution < 1.29 is 4.79 Å². The van der Waals surface area contributed by atoms with Crippen molar-refractivity contribution in [2.45, 2.75) is 12.8 Å². The lowest BCUT2D eigenvalue weighted by Gasteiger charge is -1.91. The van der Waals surface area contributed by atoms with E-state index in [1.165, 1.54) is 0 Å². The van der Waals surface area contributed by atoms with Crippen LogP contribution in [0.15, 0.2) is 60.2 Å². The Kier molecular flexibility index (Phi) is 3.16. The molecule has 0 heterocycles. The number of hydrogen-bond donors (Lipinski definition) is 0. The van der Waals surface area contributed by atoms with Crippen LogP contribution in [0.3, 0.4) is 0 Å². The first-order chi connectivity index (χ1) is 7.77. The maximum atomic E-state index is 11.5. The Morgan fingerprint density at radius 3 is 2.50 bits per heavy atom. The average Bonchev–Trinajstić information content (AvgIpc) is 2.62.